The van der Waals surface area contributed by atoms with Crippen molar-refractivity contribution in [2.75, 3.05) is 44.2 Å². The molecule has 0 spiro atoms. The van der Waals surface area contributed by atoms with Gasteiger partial charge in [0.05, 0.1) is 23.1 Å². The van der Waals surface area contributed by atoms with Crippen LogP contribution in [0.3, 0.4) is 0 Å². The van der Waals surface area contributed by atoms with Gasteiger partial charge in [-0.2, -0.15) is 0 Å². The summed E-state index contributed by atoms with van der Waals surface area (Å²) in [5.41, 5.74) is 3.08. The predicted molar refractivity (Wildman–Crippen MR) is 159 cm³/mol. The molecular weight excluding hydrogens is 530 g/mol. The Bertz CT molecular complexity index is 1490. The minimum atomic E-state index is -0.185. The van der Waals surface area contributed by atoms with E-state index in [1.807, 2.05) is 25.1 Å². The maximum absolute atomic E-state index is 13.8. The molecule has 6 rings (SSSR count). The van der Waals surface area contributed by atoms with Crippen molar-refractivity contribution in [3.63, 3.8) is 0 Å². The molecule has 0 bridgehead atoms. The fraction of sp³-hybridized carbons (Fsp3) is 0.379. The first-order chi connectivity index (χ1) is 19.0. The number of rotatable bonds is 6. The van der Waals surface area contributed by atoms with Crippen LogP contribution in [0.15, 0.2) is 58.4 Å². The zero-order valence-electron chi connectivity index (χ0n) is 21.9. The molecule has 0 aliphatic carbocycles. The number of anilines is 1. The third kappa shape index (κ3) is 5.38. The van der Waals surface area contributed by atoms with Gasteiger partial charge in [0.25, 0.3) is 11.5 Å². The SMILES string of the molecule is Cc1cccn2c(=O)c(/C=C3/SC(=S)N(C[C@H]4CCCO4)C3=O)c(N3CCN(Cc4ccccc4)CC3)nc12. The smallest absolute Gasteiger partial charge is 0.267 e. The first-order valence-electron chi connectivity index (χ1n) is 13.4. The Morgan fingerprint density at radius 2 is 1.90 bits per heavy atom. The summed E-state index contributed by atoms with van der Waals surface area (Å²) < 4.78 is 7.81. The Morgan fingerprint density at radius 1 is 1.10 bits per heavy atom. The molecule has 0 unspecified atom stereocenters. The van der Waals surface area contributed by atoms with E-state index in [0.29, 0.717) is 32.8 Å². The maximum Gasteiger partial charge on any atom is 0.267 e. The van der Waals surface area contributed by atoms with E-state index in [4.69, 9.17) is 21.9 Å². The van der Waals surface area contributed by atoms with Crippen LogP contribution in [0, 0.1) is 6.92 Å². The van der Waals surface area contributed by atoms with E-state index in [1.165, 1.54) is 17.3 Å². The van der Waals surface area contributed by atoms with Crippen molar-refractivity contribution >= 4 is 51.7 Å². The number of nitrogens with zero attached hydrogens (tertiary/aromatic N) is 5. The van der Waals surface area contributed by atoms with E-state index in [-0.39, 0.29) is 17.6 Å². The van der Waals surface area contributed by atoms with Gasteiger partial charge in [0.1, 0.15) is 15.8 Å². The van der Waals surface area contributed by atoms with Crippen molar-refractivity contribution in [2.45, 2.75) is 32.4 Å². The molecule has 2 aromatic heterocycles. The van der Waals surface area contributed by atoms with Gasteiger partial charge in [-0.15, -0.1) is 0 Å². The molecule has 202 valence electrons. The Kier molecular flexibility index (Phi) is 7.53. The number of thiocarbonyl (C=S) groups is 1. The van der Waals surface area contributed by atoms with E-state index in [1.54, 1.807) is 21.6 Å². The zero-order chi connectivity index (χ0) is 26.9. The Hall–Kier alpha value is -3.05. The molecule has 0 saturated carbocycles. The van der Waals surface area contributed by atoms with Crippen LogP contribution < -0.4 is 10.5 Å². The number of hydrogen-bond donors (Lipinski definition) is 0. The molecule has 39 heavy (non-hydrogen) atoms. The van der Waals surface area contributed by atoms with E-state index in [0.717, 1.165) is 57.7 Å². The van der Waals surface area contributed by atoms with Crippen LogP contribution >= 0.6 is 24.0 Å². The third-order valence-corrected chi connectivity index (χ3v) is 8.92. The molecule has 1 aromatic carbocycles. The number of carbonyl (C=O) groups is 1. The summed E-state index contributed by atoms with van der Waals surface area (Å²) in [4.78, 5) is 38.9. The average Bonchev–Trinajstić information content (AvgIpc) is 3.56. The topological polar surface area (TPSA) is 70.4 Å². The highest BCUT2D eigenvalue weighted by atomic mass is 32.2. The average molecular weight is 562 g/mol. The van der Waals surface area contributed by atoms with Crippen molar-refractivity contribution < 1.29 is 9.53 Å². The van der Waals surface area contributed by atoms with Crippen LogP contribution in [0.1, 0.15) is 29.5 Å². The molecule has 3 aliphatic heterocycles. The molecule has 0 N–H and O–H groups in total. The zero-order valence-corrected chi connectivity index (χ0v) is 23.5. The molecule has 1 amide bonds. The van der Waals surface area contributed by atoms with Crippen LogP contribution in [0.2, 0.25) is 0 Å². The summed E-state index contributed by atoms with van der Waals surface area (Å²) in [6.45, 7) is 7.20. The Balaban J connectivity index is 1.31. The number of benzene rings is 1. The van der Waals surface area contributed by atoms with Gasteiger partial charge in [0.2, 0.25) is 0 Å². The monoisotopic (exact) mass is 561 g/mol. The summed E-state index contributed by atoms with van der Waals surface area (Å²) in [5, 5.41) is 0. The molecule has 0 radical (unpaired) electrons. The summed E-state index contributed by atoms with van der Waals surface area (Å²) >= 11 is 6.80. The largest absolute Gasteiger partial charge is 0.376 e. The second kappa shape index (κ2) is 11.2. The van der Waals surface area contributed by atoms with Gasteiger partial charge in [-0.3, -0.25) is 23.8 Å². The van der Waals surface area contributed by atoms with Crippen LogP contribution in [-0.2, 0) is 16.1 Å². The summed E-state index contributed by atoms with van der Waals surface area (Å²) in [6.07, 6.45) is 5.36. The first kappa shape index (κ1) is 26.2. The third-order valence-electron chi connectivity index (χ3n) is 7.54. The lowest BCUT2D eigenvalue weighted by Crippen LogP contribution is -2.47. The van der Waals surface area contributed by atoms with Crippen molar-refractivity contribution in [2.24, 2.45) is 0 Å². The van der Waals surface area contributed by atoms with E-state index in [2.05, 4.69) is 34.1 Å². The Morgan fingerprint density at radius 3 is 2.64 bits per heavy atom. The Labute approximate surface area is 237 Å². The number of hydrogen-bond acceptors (Lipinski definition) is 8. The number of aryl methyl sites for hydroxylation is 1. The molecule has 5 heterocycles. The van der Waals surface area contributed by atoms with E-state index in [9.17, 15) is 9.59 Å². The maximum atomic E-state index is 13.8. The first-order valence-corrected chi connectivity index (χ1v) is 14.6. The quantitative estimate of drug-likeness (QED) is 0.333. The van der Waals surface area contributed by atoms with Gasteiger partial charge in [-0.25, -0.2) is 4.98 Å². The van der Waals surface area contributed by atoms with Crippen LogP contribution in [0.5, 0.6) is 0 Å². The molecular formula is C29H31N5O3S2. The fourth-order valence-electron chi connectivity index (χ4n) is 5.41. The van der Waals surface area contributed by atoms with Crippen LogP contribution in [0.4, 0.5) is 5.82 Å². The van der Waals surface area contributed by atoms with Crippen molar-refractivity contribution in [3.05, 3.63) is 80.6 Å². The lowest BCUT2D eigenvalue weighted by molar-refractivity contribution is -0.123. The summed E-state index contributed by atoms with van der Waals surface area (Å²) in [5.74, 6) is 0.450. The summed E-state index contributed by atoms with van der Waals surface area (Å²) in [6, 6.07) is 14.3. The van der Waals surface area contributed by atoms with Crippen molar-refractivity contribution in [1.82, 2.24) is 19.2 Å². The number of piperazine rings is 1. The molecule has 1 atom stereocenters. The van der Waals surface area contributed by atoms with Crippen LogP contribution in [0.25, 0.3) is 11.7 Å². The molecule has 3 fully saturated rings. The lowest BCUT2D eigenvalue weighted by Gasteiger charge is -2.36. The predicted octanol–water partition coefficient (Wildman–Crippen LogP) is 3.71. The second-order valence-corrected chi connectivity index (χ2v) is 11.9. The van der Waals surface area contributed by atoms with E-state index >= 15 is 0 Å². The van der Waals surface area contributed by atoms with Gasteiger partial charge >= 0.3 is 0 Å². The van der Waals surface area contributed by atoms with Gasteiger partial charge in [-0.1, -0.05) is 60.4 Å². The van der Waals surface area contributed by atoms with Crippen LogP contribution in [-0.4, -0.2) is 74.8 Å². The lowest BCUT2D eigenvalue weighted by atomic mass is 10.1. The van der Waals surface area contributed by atoms with Gasteiger partial charge in [-0.05, 0) is 43.0 Å². The number of amides is 1. The number of ether oxygens (including phenoxy) is 1. The minimum Gasteiger partial charge on any atom is -0.376 e. The highest BCUT2D eigenvalue weighted by Gasteiger charge is 2.35. The second-order valence-electron chi connectivity index (χ2n) is 10.2. The minimum absolute atomic E-state index is 0.00512. The molecule has 3 aliphatic rings. The molecule has 8 nitrogen and oxygen atoms in total. The van der Waals surface area contributed by atoms with Gasteiger partial charge < -0.3 is 9.64 Å². The fourth-order valence-corrected chi connectivity index (χ4v) is 6.66. The standard InChI is InChI=1S/C29H31N5O3S2/c1-20-7-5-11-33-25(20)30-26(32-14-12-31(13-15-32)18-21-8-3-2-4-9-21)23(27(33)35)17-24-28(36)34(29(38)39-24)19-22-10-6-16-37-22/h2-5,7-9,11,17,22H,6,10,12-16,18-19H2,1H3/b24-17+/t22-/m1/s1. The number of pyridine rings is 1. The molecule has 3 saturated heterocycles. The van der Waals surface area contributed by atoms with Gasteiger partial charge in [0.15, 0.2) is 0 Å². The number of fused-ring (bicyclic) bond motifs is 1. The number of aromatic nitrogens is 2. The normalized spacial score (nSPS) is 21.6. The highest BCUT2D eigenvalue weighted by molar-refractivity contribution is 8.26. The van der Waals surface area contributed by atoms with Gasteiger partial charge in [0, 0.05) is 45.5 Å². The number of thioether (sulfide) groups is 1. The molecule has 10 heteroatoms. The van der Waals surface area contributed by atoms with Crippen molar-refractivity contribution in [1.29, 1.82) is 0 Å². The van der Waals surface area contributed by atoms with Crippen molar-refractivity contribution in [3.8, 4) is 0 Å². The molecule has 3 aromatic rings. The van der Waals surface area contributed by atoms with E-state index < -0.39 is 0 Å². The summed E-state index contributed by atoms with van der Waals surface area (Å²) in [7, 11) is 0. The number of carbonyl (C=O) groups excluding carboxylic acids is 1. The highest BCUT2D eigenvalue weighted by Crippen LogP contribution is 2.34.